The molecule has 10 heteroatoms. The molecule has 0 N–H and O–H groups in total. The second-order valence-electron chi connectivity index (χ2n) is 10.7. The van der Waals surface area contributed by atoms with Crippen molar-refractivity contribution in [3.05, 3.63) is 94.3 Å². The zero-order valence-electron chi connectivity index (χ0n) is 23.6. The van der Waals surface area contributed by atoms with Crippen molar-refractivity contribution in [3.63, 3.8) is 0 Å². The van der Waals surface area contributed by atoms with Crippen LogP contribution in [0.25, 0.3) is 22.5 Å². The van der Waals surface area contributed by atoms with Gasteiger partial charge in [-0.05, 0) is 62.8 Å². The average molecular weight is 573 g/mol. The molecule has 0 amide bonds. The molecule has 0 aliphatic rings. The Morgan fingerprint density at radius 3 is 1.29 bits per heavy atom. The fourth-order valence-electron chi connectivity index (χ4n) is 4.94. The molecule has 0 spiro atoms. The Hall–Kier alpha value is -3.82. The fourth-order valence-corrected chi connectivity index (χ4v) is 4.94. The van der Waals surface area contributed by atoms with Crippen molar-refractivity contribution in [2.45, 2.75) is 71.6 Å². The van der Waals surface area contributed by atoms with Gasteiger partial charge in [-0.25, -0.2) is 8.78 Å². The predicted octanol–water partition coefficient (Wildman–Crippen LogP) is 8.79. The van der Waals surface area contributed by atoms with E-state index in [0.29, 0.717) is 12.8 Å². The van der Waals surface area contributed by atoms with Crippen LogP contribution in [0.15, 0.2) is 36.4 Å². The molecule has 4 aromatic rings. The maximum absolute atomic E-state index is 15.9. The summed E-state index contributed by atoms with van der Waals surface area (Å²) in [5.74, 6) is -6.45. The number of hydrogen-bond donors (Lipinski definition) is 0. The van der Waals surface area contributed by atoms with Crippen LogP contribution in [-0.4, -0.2) is 19.9 Å². The molecular weight excluding hydrogens is 542 g/mol. The first-order valence-corrected chi connectivity index (χ1v) is 13.4. The van der Waals surface area contributed by atoms with E-state index in [1.54, 1.807) is 27.7 Å². The quantitative estimate of drug-likeness (QED) is 0.156. The normalized spacial score (nSPS) is 13.4. The molecule has 0 saturated carbocycles. The number of aromatic nitrogens is 4. The van der Waals surface area contributed by atoms with E-state index in [2.05, 4.69) is 19.9 Å². The monoisotopic (exact) mass is 572 g/mol. The molecule has 4 aromatic heterocycles. The van der Waals surface area contributed by atoms with Crippen LogP contribution in [-0.2, 0) is 5.41 Å². The van der Waals surface area contributed by atoms with Gasteiger partial charge in [-0.1, -0.05) is 27.7 Å². The summed E-state index contributed by atoms with van der Waals surface area (Å²) in [6.07, 6.45) is 1.06. The lowest BCUT2D eigenvalue weighted by Crippen LogP contribution is -2.29. The topological polar surface area (TPSA) is 51.6 Å². The Labute approximate surface area is 234 Å². The highest BCUT2D eigenvalue weighted by Gasteiger charge is 2.37. The Balaban J connectivity index is 2.07. The molecule has 0 fully saturated rings. The smallest absolute Gasteiger partial charge is 0.224 e. The van der Waals surface area contributed by atoms with Crippen LogP contribution in [0.2, 0.25) is 0 Å². The van der Waals surface area contributed by atoms with Crippen LogP contribution in [0.1, 0.15) is 88.7 Å². The number of nitrogens with zero attached hydrogens (tertiary/aromatic N) is 4. The largest absolute Gasteiger partial charge is 0.251 e. The van der Waals surface area contributed by atoms with Gasteiger partial charge in [0.15, 0.2) is 0 Å². The first-order chi connectivity index (χ1) is 19.3. The van der Waals surface area contributed by atoms with Gasteiger partial charge in [-0.3, -0.25) is 9.97 Å². The van der Waals surface area contributed by atoms with E-state index in [0.717, 1.165) is 36.4 Å². The van der Waals surface area contributed by atoms with Gasteiger partial charge >= 0.3 is 0 Å². The molecule has 2 unspecified atom stereocenters. The highest BCUT2D eigenvalue weighted by Crippen LogP contribution is 2.43. The van der Waals surface area contributed by atoms with Gasteiger partial charge in [-0.15, -0.1) is 0 Å². The van der Waals surface area contributed by atoms with Crippen molar-refractivity contribution in [3.8, 4) is 22.5 Å². The minimum absolute atomic E-state index is 0.127. The lowest BCUT2D eigenvalue weighted by molar-refractivity contribution is 0.504. The summed E-state index contributed by atoms with van der Waals surface area (Å²) >= 11 is 0. The van der Waals surface area contributed by atoms with Gasteiger partial charge in [0, 0.05) is 28.7 Å². The van der Waals surface area contributed by atoms with E-state index in [1.165, 1.54) is 0 Å². The molecule has 0 saturated heterocycles. The van der Waals surface area contributed by atoms with Crippen molar-refractivity contribution in [2.24, 2.45) is 0 Å². The molecular formula is C31H30F6N4. The second kappa shape index (κ2) is 11.6. The molecule has 0 aliphatic heterocycles. The van der Waals surface area contributed by atoms with E-state index in [-0.39, 0.29) is 56.9 Å². The lowest BCUT2D eigenvalue weighted by atomic mass is 9.75. The van der Waals surface area contributed by atoms with Crippen LogP contribution in [0.3, 0.4) is 0 Å². The van der Waals surface area contributed by atoms with Crippen molar-refractivity contribution < 1.29 is 26.3 Å². The number of halogens is 6. The number of pyridine rings is 4. The van der Waals surface area contributed by atoms with E-state index in [9.17, 15) is 17.6 Å². The summed E-state index contributed by atoms with van der Waals surface area (Å²) in [7, 11) is 0. The summed E-state index contributed by atoms with van der Waals surface area (Å²) in [6, 6.07) is 6.26. The van der Waals surface area contributed by atoms with Crippen LogP contribution >= 0.6 is 0 Å². The lowest BCUT2D eigenvalue weighted by Gasteiger charge is -2.32. The molecule has 4 rings (SSSR count). The van der Waals surface area contributed by atoms with E-state index in [4.69, 9.17) is 0 Å². The number of rotatable bonds is 8. The van der Waals surface area contributed by atoms with Gasteiger partial charge in [0.2, 0.25) is 23.8 Å². The van der Waals surface area contributed by atoms with E-state index in [1.807, 2.05) is 13.8 Å². The summed E-state index contributed by atoms with van der Waals surface area (Å²) in [5, 5.41) is 0. The minimum Gasteiger partial charge on any atom is -0.251 e. The van der Waals surface area contributed by atoms with Crippen LogP contribution in [0.4, 0.5) is 26.3 Å². The fraction of sp³-hybridized carbons (Fsp3) is 0.355. The Bertz CT molecular complexity index is 1490. The third-order valence-corrected chi connectivity index (χ3v) is 7.59. The summed E-state index contributed by atoms with van der Waals surface area (Å²) in [4.78, 5) is 15.7. The standard InChI is InChI=1S/C31H30F6N4/c1-7-15(3)25-19(32)13-21(17-9-11-23(34)40-29(17)36)38-27(25)31(5,6)28-26(16(4)8-2)20(33)14-22(39-28)18-10-12-24(35)41-30(18)37/h9-16H,7-8H2,1-6H3. The van der Waals surface area contributed by atoms with Crippen molar-refractivity contribution in [1.29, 1.82) is 0 Å². The molecule has 216 valence electrons. The van der Waals surface area contributed by atoms with Crippen molar-refractivity contribution in [2.75, 3.05) is 0 Å². The molecule has 0 aromatic carbocycles. The third kappa shape index (κ3) is 5.69. The van der Waals surface area contributed by atoms with Gasteiger partial charge in [0.1, 0.15) is 11.6 Å². The Morgan fingerprint density at radius 2 is 0.976 bits per heavy atom. The zero-order valence-corrected chi connectivity index (χ0v) is 23.6. The molecule has 0 radical (unpaired) electrons. The van der Waals surface area contributed by atoms with Crippen LogP contribution in [0, 0.1) is 35.4 Å². The van der Waals surface area contributed by atoms with Crippen molar-refractivity contribution in [1.82, 2.24) is 19.9 Å². The SMILES string of the molecule is CCC(C)c1c(F)cc(-c2ccc(F)nc2F)nc1C(C)(C)c1nc(-c2ccc(F)nc2F)cc(F)c1C(C)CC. The third-order valence-electron chi connectivity index (χ3n) is 7.59. The summed E-state index contributed by atoms with van der Waals surface area (Å²) in [5.41, 5.74) is -1.20. The van der Waals surface area contributed by atoms with E-state index < -0.39 is 40.8 Å². The summed E-state index contributed by atoms with van der Waals surface area (Å²) in [6.45, 7) is 10.7. The zero-order chi connectivity index (χ0) is 30.2. The molecule has 4 heterocycles. The van der Waals surface area contributed by atoms with Gasteiger partial charge in [-0.2, -0.15) is 27.5 Å². The number of hydrogen-bond acceptors (Lipinski definition) is 4. The first kappa shape index (κ1) is 30.1. The minimum atomic E-state index is -1.31. The molecule has 41 heavy (non-hydrogen) atoms. The Morgan fingerprint density at radius 1 is 0.610 bits per heavy atom. The maximum atomic E-state index is 15.9. The Kier molecular flexibility index (Phi) is 8.52. The molecule has 4 nitrogen and oxygen atoms in total. The van der Waals surface area contributed by atoms with Crippen LogP contribution in [0.5, 0.6) is 0 Å². The van der Waals surface area contributed by atoms with E-state index >= 15 is 8.78 Å². The predicted molar refractivity (Wildman–Crippen MR) is 144 cm³/mol. The highest BCUT2D eigenvalue weighted by molar-refractivity contribution is 5.63. The van der Waals surface area contributed by atoms with Gasteiger partial charge in [0.25, 0.3) is 0 Å². The molecule has 0 aliphatic carbocycles. The van der Waals surface area contributed by atoms with Crippen LogP contribution < -0.4 is 0 Å². The second-order valence-corrected chi connectivity index (χ2v) is 10.7. The summed E-state index contributed by atoms with van der Waals surface area (Å²) < 4.78 is 88.2. The van der Waals surface area contributed by atoms with Gasteiger partial charge < -0.3 is 0 Å². The van der Waals surface area contributed by atoms with Gasteiger partial charge in [0.05, 0.1) is 33.9 Å². The maximum Gasteiger partial charge on any atom is 0.224 e. The first-order valence-electron chi connectivity index (χ1n) is 13.4. The van der Waals surface area contributed by atoms with Crippen molar-refractivity contribution >= 4 is 0 Å². The highest BCUT2D eigenvalue weighted by atomic mass is 19.2. The molecule has 2 atom stereocenters. The average Bonchev–Trinajstić information content (AvgIpc) is 2.91. The molecule has 0 bridgehead atoms.